The summed E-state index contributed by atoms with van der Waals surface area (Å²) in [5, 5.41) is 0. The SMILES string of the molecule is CC1CCCCC1N(C)CCCCS. The van der Waals surface area contributed by atoms with Crippen molar-refractivity contribution in [2.75, 3.05) is 19.3 Å². The smallest absolute Gasteiger partial charge is 0.0118 e. The summed E-state index contributed by atoms with van der Waals surface area (Å²) in [4.78, 5) is 2.58. The van der Waals surface area contributed by atoms with Crippen LogP contribution in [-0.4, -0.2) is 30.3 Å². The van der Waals surface area contributed by atoms with E-state index in [2.05, 4.69) is 31.5 Å². The number of hydrogen-bond donors (Lipinski definition) is 1. The minimum Gasteiger partial charge on any atom is -0.303 e. The molecule has 0 aromatic heterocycles. The van der Waals surface area contributed by atoms with E-state index in [1.807, 2.05) is 0 Å². The van der Waals surface area contributed by atoms with Crippen LogP contribution in [0.15, 0.2) is 0 Å². The summed E-state index contributed by atoms with van der Waals surface area (Å²) >= 11 is 4.25. The maximum absolute atomic E-state index is 4.25. The van der Waals surface area contributed by atoms with Gasteiger partial charge in [-0.1, -0.05) is 19.8 Å². The van der Waals surface area contributed by atoms with Crippen molar-refractivity contribution in [2.45, 2.75) is 51.5 Å². The molecule has 1 aliphatic rings. The normalized spacial score (nSPS) is 28.3. The van der Waals surface area contributed by atoms with E-state index in [0.29, 0.717) is 0 Å². The van der Waals surface area contributed by atoms with Gasteiger partial charge < -0.3 is 4.90 Å². The monoisotopic (exact) mass is 215 g/mol. The van der Waals surface area contributed by atoms with Gasteiger partial charge in [-0.25, -0.2) is 0 Å². The highest BCUT2D eigenvalue weighted by Gasteiger charge is 2.24. The molecule has 1 fully saturated rings. The summed E-state index contributed by atoms with van der Waals surface area (Å²) in [6.07, 6.45) is 8.30. The topological polar surface area (TPSA) is 3.24 Å². The van der Waals surface area contributed by atoms with Gasteiger partial charge in [0.05, 0.1) is 0 Å². The molecule has 0 spiro atoms. The van der Waals surface area contributed by atoms with Crippen molar-refractivity contribution < 1.29 is 0 Å². The first-order valence-electron chi connectivity index (χ1n) is 6.07. The predicted octanol–water partition coefficient (Wildman–Crippen LogP) is 3.21. The second kappa shape index (κ2) is 6.73. The van der Waals surface area contributed by atoms with Crippen molar-refractivity contribution in [3.05, 3.63) is 0 Å². The van der Waals surface area contributed by atoms with Gasteiger partial charge in [0.15, 0.2) is 0 Å². The van der Waals surface area contributed by atoms with Gasteiger partial charge in [-0.2, -0.15) is 12.6 Å². The van der Waals surface area contributed by atoms with Crippen molar-refractivity contribution in [1.29, 1.82) is 0 Å². The molecule has 0 bridgehead atoms. The van der Waals surface area contributed by atoms with E-state index in [4.69, 9.17) is 0 Å². The van der Waals surface area contributed by atoms with Gasteiger partial charge in [0.1, 0.15) is 0 Å². The number of unbranched alkanes of at least 4 members (excludes halogenated alkanes) is 1. The van der Waals surface area contributed by atoms with Crippen LogP contribution in [0.1, 0.15) is 45.4 Å². The average molecular weight is 215 g/mol. The number of hydrogen-bond acceptors (Lipinski definition) is 2. The molecule has 2 atom stereocenters. The van der Waals surface area contributed by atoms with Gasteiger partial charge in [0.2, 0.25) is 0 Å². The second-order valence-electron chi connectivity index (χ2n) is 4.74. The Morgan fingerprint density at radius 2 is 1.93 bits per heavy atom. The second-order valence-corrected chi connectivity index (χ2v) is 5.19. The number of rotatable bonds is 5. The Hall–Kier alpha value is 0.310. The van der Waals surface area contributed by atoms with E-state index in [-0.39, 0.29) is 0 Å². The van der Waals surface area contributed by atoms with Gasteiger partial charge >= 0.3 is 0 Å². The Balaban J connectivity index is 2.23. The highest BCUT2D eigenvalue weighted by Crippen LogP contribution is 2.27. The Labute approximate surface area is 94.7 Å². The van der Waals surface area contributed by atoms with Crippen LogP contribution in [0.4, 0.5) is 0 Å². The molecule has 84 valence electrons. The summed E-state index contributed by atoms with van der Waals surface area (Å²) in [6.45, 7) is 3.68. The Kier molecular flexibility index (Phi) is 5.95. The zero-order valence-corrected chi connectivity index (χ0v) is 10.6. The van der Waals surface area contributed by atoms with Crippen LogP contribution in [0.25, 0.3) is 0 Å². The summed E-state index contributed by atoms with van der Waals surface area (Å²) in [7, 11) is 2.30. The standard InChI is InChI=1S/C12H25NS/c1-11-7-3-4-8-12(11)13(2)9-5-6-10-14/h11-12,14H,3-10H2,1-2H3. The molecule has 0 aromatic carbocycles. The van der Waals surface area contributed by atoms with E-state index in [0.717, 1.165) is 17.7 Å². The molecule has 0 N–H and O–H groups in total. The van der Waals surface area contributed by atoms with Crippen LogP contribution in [0.5, 0.6) is 0 Å². The molecule has 2 heteroatoms. The van der Waals surface area contributed by atoms with Gasteiger partial charge in [0, 0.05) is 6.04 Å². The lowest BCUT2D eigenvalue weighted by Crippen LogP contribution is -2.39. The van der Waals surface area contributed by atoms with Crippen molar-refractivity contribution in [3.63, 3.8) is 0 Å². The van der Waals surface area contributed by atoms with E-state index in [9.17, 15) is 0 Å². The van der Waals surface area contributed by atoms with Gasteiger partial charge in [-0.05, 0) is 50.9 Å². The van der Waals surface area contributed by atoms with Crippen LogP contribution < -0.4 is 0 Å². The Bertz CT molecular complexity index is 149. The molecule has 0 radical (unpaired) electrons. The van der Waals surface area contributed by atoms with Gasteiger partial charge in [-0.3, -0.25) is 0 Å². The van der Waals surface area contributed by atoms with Crippen molar-refractivity contribution in [3.8, 4) is 0 Å². The zero-order valence-electron chi connectivity index (χ0n) is 9.71. The fourth-order valence-corrected chi connectivity index (χ4v) is 2.81. The summed E-state index contributed by atoms with van der Waals surface area (Å²) in [6, 6.07) is 0.851. The van der Waals surface area contributed by atoms with Crippen molar-refractivity contribution in [2.24, 2.45) is 5.92 Å². The zero-order chi connectivity index (χ0) is 10.4. The minimum absolute atomic E-state index is 0.851. The molecule has 0 aliphatic heterocycles. The third kappa shape index (κ3) is 3.82. The van der Waals surface area contributed by atoms with E-state index in [1.54, 1.807) is 0 Å². The Morgan fingerprint density at radius 1 is 1.21 bits per heavy atom. The number of thiol groups is 1. The molecule has 2 unspecified atom stereocenters. The molecule has 0 saturated heterocycles. The largest absolute Gasteiger partial charge is 0.303 e. The molecule has 1 nitrogen and oxygen atoms in total. The number of nitrogens with zero attached hydrogens (tertiary/aromatic N) is 1. The average Bonchev–Trinajstić information content (AvgIpc) is 2.18. The minimum atomic E-state index is 0.851. The highest BCUT2D eigenvalue weighted by molar-refractivity contribution is 7.80. The lowest BCUT2D eigenvalue weighted by atomic mass is 9.85. The van der Waals surface area contributed by atoms with Crippen LogP contribution in [-0.2, 0) is 0 Å². The third-order valence-electron chi connectivity index (χ3n) is 3.55. The maximum Gasteiger partial charge on any atom is 0.0118 e. The van der Waals surface area contributed by atoms with Gasteiger partial charge in [-0.15, -0.1) is 0 Å². The molecular weight excluding hydrogens is 190 g/mol. The van der Waals surface area contributed by atoms with E-state index < -0.39 is 0 Å². The van der Waals surface area contributed by atoms with Crippen LogP contribution in [0, 0.1) is 5.92 Å². The quantitative estimate of drug-likeness (QED) is 0.544. The first kappa shape index (κ1) is 12.4. The Morgan fingerprint density at radius 3 is 2.57 bits per heavy atom. The van der Waals surface area contributed by atoms with Crippen molar-refractivity contribution >= 4 is 12.6 Å². The fraction of sp³-hybridized carbons (Fsp3) is 1.00. The van der Waals surface area contributed by atoms with E-state index >= 15 is 0 Å². The fourth-order valence-electron chi connectivity index (χ4n) is 2.59. The molecule has 14 heavy (non-hydrogen) atoms. The van der Waals surface area contributed by atoms with Gasteiger partial charge in [0.25, 0.3) is 0 Å². The molecule has 1 aliphatic carbocycles. The highest BCUT2D eigenvalue weighted by atomic mass is 32.1. The van der Waals surface area contributed by atoms with Crippen molar-refractivity contribution in [1.82, 2.24) is 4.90 Å². The first-order chi connectivity index (χ1) is 6.75. The maximum atomic E-state index is 4.25. The molecule has 0 amide bonds. The van der Waals surface area contributed by atoms with Crippen LogP contribution in [0.3, 0.4) is 0 Å². The van der Waals surface area contributed by atoms with Crippen LogP contribution in [0.2, 0.25) is 0 Å². The lowest BCUT2D eigenvalue weighted by Gasteiger charge is -2.36. The third-order valence-corrected chi connectivity index (χ3v) is 3.87. The predicted molar refractivity (Wildman–Crippen MR) is 67.1 cm³/mol. The lowest BCUT2D eigenvalue weighted by molar-refractivity contribution is 0.138. The van der Waals surface area contributed by atoms with Crippen LogP contribution >= 0.6 is 12.6 Å². The first-order valence-corrected chi connectivity index (χ1v) is 6.70. The molecule has 1 saturated carbocycles. The van der Waals surface area contributed by atoms with E-state index in [1.165, 1.54) is 45.1 Å². The summed E-state index contributed by atoms with van der Waals surface area (Å²) in [5.41, 5.74) is 0. The summed E-state index contributed by atoms with van der Waals surface area (Å²) < 4.78 is 0. The molecule has 0 aromatic rings. The summed E-state index contributed by atoms with van der Waals surface area (Å²) in [5.74, 6) is 1.94. The molecular formula is C12H25NS. The molecule has 1 rings (SSSR count). The molecule has 0 heterocycles.